The molecule has 1 atom stereocenters. The van der Waals surface area contributed by atoms with Crippen LogP contribution in [-0.4, -0.2) is 39.4 Å². The quantitative estimate of drug-likeness (QED) is 0.612. The Kier molecular flexibility index (Phi) is 5.67. The fourth-order valence-corrected chi connectivity index (χ4v) is 1.89. The topological polar surface area (TPSA) is 78.4 Å². The Morgan fingerprint density at radius 1 is 1.33 bits per heavy atom. The second-order valence-corrected chi connectivity index (χ2v) is 5.74. The van der Waals surface area contributed by atoms with Gasteiger partial charge in [0.25, 0.3) is 0 Å². The third-order valence-corrected chi connectivity index (χ3v) is 3.00. The third kappa shape index (κ3) is 5.54. The molecule has 0 radical (unpaired) electrons. The van der Waals surface area contributed by atoms with Crippen LogP contribution in [0.25, 0.3) is 0 Å². The van der Waals surface area contributed by atoms with Crippen molar-refractivity contribution in [1.82, 2.24) is 10.0 Å². The number of aliphatic hydroxyl groups is 1. The van der Waals surface area contributed by atoms with E-state index in [-0.39, 0.29) is 18.7 Å². The number of hydrogen-bond donors (Lipinski definition) is 3. The highest BCUT2D eigenvalue weighted by molar-refractivity contribution is 7.88. The average molecular weight is 276 g/mol. The van der Waals surface area contributed by atoms with Gasteiger partial charge in [0.15, 0.2) is 0 Å². The summed E-state index contributed by atoms with van der Waals surface area (Å²) in [6.45, 7) is 0.744. The molecule has 1 unspecified atom stereocenters. The standard InChI is InChI=1S/C11H17FN2O3S/c1-18(16,17)14-7-6-13-8-11(15)9-4-2-3-5-10(9)12/h2-5,11,13-15H,6-8H2,1H3. The molecule has 0 saturated heterocycles. The van der Waals surface area contributed by atoms with Gasteiger partial charge in [0.1, 0.15) is 5.82 Å². The van der Waals surface area contributed by atoms with Crippen molar-refractivity contribution in [2.45, 2.75) is 6.10 Å². The molecular formula is C11H17FN2O3S. The van der Waals surface area contributed by atoms with E-state index in [0.29, 0.717) is 6.54 Å². The molecule has 0 fully saturated rings. The lowest BCUT2D eigenvalue weighted by Gasteiger charge is -2.12. The smallest absolute Gasteiger partial charge is 0.208 e. The lowest BCUT2D eigenvalue weighted by molar-refractivity contribution is 0.170. The fourth-order valence-electron chi connectivity index (χ4n) is 1.42. The Morgan fingerprint density at radius 2 is 2.00 bits per heavy atom. The van der Waals surface area contributed by atoms with Gasteiger partial charge in [-0.05, 0) is 6.07 Å². The van der Waals surface area contributed by atoms with Crippen LogP contribution in [0.4, 0.5) is 4.39 Å². The molecule has 18 heavy (non-hydrogen) atoms. The van der Waals surface area contributed by atoms with Crippen LogP contribution < -0.4 is 10.0 Å². The predicted octanol–water partition coefficient (Wildman–Crippen LogP) is -0.00210. The first-order valence-corrected chi connectivity index (χ1v) is 7.37. The van der Waals surface area contributed by atoms with Gasteiger partial charge < -0.3 is 10.4 Å². The molecule has 0 aromatic heterocycles. The molecule has 0 heterocycles. The number of sulfonamides is 1. The van der Waals surface area contributed by atoms with Crippen molar-refractivity contribution in [1.29, 1.82) is 0 Å². The lowest BCUT2D eigenvalue weighted by atomic mass is 10.1. The lowest BCUT2D eigenvalue weighted by Crippen LogP contribution is -2.33. The van der Waals surface area contributed by atoms with Crippen LogP contribution in [0.2, 0.25) is 0 Å². The van der Waals surface area contributed by atoms with E-state index in [2.05, 4.69) is 10.0 Å². The molecule has 5 nitrogen and oxygen atoms in total. The zero-order valence-corrected chi connectivity index (χ0v) is 10.9. The minimum Gasteiger partial charge on any atom is -0.387 e. The van der Waals surface area contributed by atoms with Gasteiger partial charge in [-0.25, -0.2) is 17.5 Å². The molecule has 0 aliphatic heterocycles. The van der Waals surface area contributed by atoms with E-state index in [9.17, 15) is 17.9 Å². The number of benzene rings is 1. The summed E-state index contributed by atoms with van der Waals surface area (Å²) in [6, 6.07) is 5.99. The Bertz CT molecular complexity index is 479. The highest BCUT2D eigenvalue weighted by atomic mass is 32.2. The van der Waals surface area contributed by atoms with Crippen LogP contribution in [0.1, 0.15) is 11.7 Å². The molecule has 0 amide bonds. The zero-order valence-electron chi connectivity index (χ0n) is 10.1. The number of aliphatic hydroxyl groups excluding tert-OH is 1. The number of rotatable bonds is 7. The molecular weight excluding hydrogens is 259 g/mol. The van der Waals surface area contributed by atoms with Crippen molar-refractivity contribution >= 4 is 10.0 Å². The minimum atomic E-state index is -3.20. The van der Waals surface area contributed by atoms with Crippen LogP contribution in [-0.2, 0) is 10.0 Å². The van der Waals surface area contributed by atoms with Gasteiger partial charge in [0, 0.05) is 25.2 Å². The SMILES string of the molecule is CS(=O)(=O)NCCNCC(O)c1ccccc1F. The van der Waals surface area contributed by atoms with Crippen LogP contribution >= 0.6 is 0 Å². The summed E-state index contributed by atoms with van der Waals surface area (Å²) in [5, 5.41) is 12.6. The highest BCUT2D eigenvalue weighted by Crippen LogP contribution is 2.15. The van der Waals surface area contributed by atoms with Gasteiger partial charge in [0.2, 0.25) is 10.0 Å². The third-order valence-electron chi connectivity index (χ3n) is 2.27. The monoisotopic (exact) mass is 276 g/mol. The molecule has 102 valence electrons. The maximum Gasteiger partial charge on any atom is 0.208 e. The largest absolute Gasteiger partial charge is 0.387 e. The first-order chi connectivity index (χ1) is 8.40. The molecule has 0 saturated carbocycles. The van der Waals surface area contributed by atoms with Gasteiger partial charge in [-0.2, -0.15) is 0 Å². The van der Waals surface area contributed by atoms with Crippen molar-refractivity contribution in [3.8, 4) is 0 Å². The van der Waals surface area contributed by atoms with Crippen molar-refractivity contribution < 1.29 is 17.9 Å². The Labute approximate surface area is 106 Å². The maximum atomic E-state index is 13.3. The van der Waals surface area contributed by atoms with Gasteiger partial charge in [0.05, 0.1) is 12.4 Å². The first-order valence-electron chi connectivity index (χ1n) is 5.48. The van der Waals surface area contributed by atoms with Gasteiger partial charge >= 0.3 is 0 Å². The minimum absolute atomic E-state index is 0.159. The van der Waals surface area contributed by atoms with Crippen molar-refractivity contribution in [3.63, 3.8) is 0 Å². The van der Waals surface area contributed by atoms with Crippen molar-refractivity contribution in [3.05, 3.63) is 35.6 Å². The summed E-state index contributed by atoms with van der Waals surface area (Å²) < 4.78 is 37.1. The molecule has 7 heteroatoms. The molecule has 0 aliphatic rings. The van der Waals surface area contributed by atoms with E-state index in [1.165, 1.54) is 12.1 Å². The molecule has 1 rings (SSSR count). The average Bonchev–Trinajstić information content (AvgIpc) is 2.27. The summed E-state index contributed by atoms with van der Waals surface area (Å²) in [6.07, 6.45) is 0.116. The van der Waals surface area contributed by atoms with Crippen LogP contribution in [0.15, 0.2) is 24.3 Å². The highest BCUT2D eigenvalue weighted by Gasteiger charge is 2.11. The molecule has 0 spiro atoms. The molecule has 1 aromatic carbocycles. The molecule has 0 aliphatic carbocycles. The number of nitrogens with one attached hydrogen (secondary N) is 2. The second kappa shape index (κ2) is 6.79. The zero-order chi connectivity index (χ0) is 13.6. The van der Waals surface area contributed by atoms with Crippen LogP contribution in [0, 0.1) is 5.82 Å². The Hall–Kier alpha value is -1.02. The Balaban J connectivity index is 2.30. The maximum absolute atomic E-state index is 13.3. The van der Waals surface area contributed by atoms with Gasteiger partial charge in [-0.1, -0.05) is 18.2 Å². The normalized spacial score (nSPS) is 13.5. The molecule has 1 aromatic rings. The van der Waals surface area contributed by atoms with E-state index in [1.807, 2.05) is 0 Å². The van der Waals surface area contributed by atoms with Crippen LogP contribution in [0.3, 0.4) is 0 Å². The van der Waals surface area contributed by atoms with Crippen molar-refractivity contribution in [2.24, 2.45) is 0 Å². The fraction of sp³-hybridized carbons (Fsp3) is 0.455. The summed E-state index contributed by atoms with van der Waals surface area (Å²) >= 11 is 0. The Morgan fingerprint density at radius 3 is 2.61 bits per heavy atom. The first kappa shape index (κ1) is 15.0. The summed E-state index contributed by atoms with van der Waals surface area (Å²) in [5.41, 5.74) is 0.223. The van der Waals surface area contributed by atoms with E-state index in [1.54, 1.807) is 12.1 Å². The van der Waals surface area contributed by atoms with E-state index in [4.69, 9.17) is 0 Å². The van der Waals surface area contributed by atoms with E-state index in [0.717, 1.165) is 6.26 Å². The molecule has 0 bridgehead atoms. The summed E-state index contributed by atoms with van der Waals surface area (Å²) in [4.78, 5) is 0. The van der Waals surface area contributed by atoms with Gasteiger partial charge in [-0.3, -0.25) is 0 Å². The number of hydrogen-bond acceptors (Lipinski definition) is 4. The van der Waals surface area contributed by atoms with Crippen molar-refractivity contribution in [2.75, 3.05) is 25.9 Å². The van der Waals surface area contributed by atoms with E-state index >= 15 is 0 Å². The summed E-state index contributed by atoms with van der Waals surface area (Å²) in [5.74, 6) is -0.457. The van der Waals surface area contributed by atoms with Gasteiger partial charge in [-0.15, -0.1) is 0 Å². The van der Waals surface area contributed by atoms with E-state index < -0.39 is 21.9 Å². The molecule has 3 N–H and O–H groups in total. The predicted molar refractivity (Wildman–Crippen MR) is 67.1 cm³/mol. The van der Waals surface area contributed by atoms with Crippen LogP contribution in [0.5, 0.6) is 0 Å². The second-order valence-electron chi connectivity index (χ2n) is 3.91. The number of halogens is 1. The summed E-state index contributed by atoms with van der Waals surface area (Å²) in [7, 11) is -3.20.